The molecule has 0 radical (unpaired) electrons. The van der Waals surface area contributed by atoms with Crippen LogP contribution in [-0.2, 0) is 37.4 Å². The van der Waals surface area contributed by atoms with Crippen LogP contribution in [0.4, 0.5) is 24.7 Å². The average Bonchev–Trinajstić information content (AvgIpc) is 3.49. The number of anilines is 2. The third-order valence-electron chi connectivity index (χ3n) is 6.21. The largest absolute Gasteiger partial charge is 0.434 e. The van der Waals surface area contributed by atoms with Crippen LogP contribution in [0, 0.1) is 0 Å². The highest BCUT2D eigenvalue weighted by Gasteiger charge is 2.34. The van der Waals surface area contributed by atoms with Crippen molar-refractivity contribution in [1.29, 1.82) is 0 Å². The van der Waals surface area contributed by atoms with Gasteiger partial charge in [0, 0.05) is 54.8 Å². The summed E-state index contributed by atoms with van der Waals surface area (Å²) in [4.78, 5) is 24.8. The molecule has 2 aromatic heterocycles. The summed E-state index contributed by atoms with van der Waals surface area (Å²) in [6.45, 7) is 1.95. The first-order valence-corrected chi connectivity index (χ1v) is 11.9. The summed E-state index contributed by atoms with van der Waals surface area (Å²) in [7, 11) is 1.55. The van der Waals surface area contributed by atoms with Gasteiger partial charge in [-0.1, -0.05) is 36.4 Å². The molecule has 0 atom stereocenters. The molecule has 0 spiro atoms. The summed E-state index contributed by atoms with van der Waals surface area (Å²) >= 11 is 0. The third kappa shape index (κ3) is 5.32. The van der Waals surface area contributed by atoms with Crippen molar-refractivity contribution in [2.75, 3.05) is 10.6 Å². The molecule has 5 rings (SSSR count). The van der Waals surface area contributed by atoms with Gasteiger partial charge in [-0.2, -0.15) is 13.2 Å². The van der Waals surface area contributed by atoms with Gasteiger partial charge in [-0.25, -0.2) is 15.0 Å². The van der Waals surface area contributed by atoms with Crippen LogP contribution in [0.1, 0.15) is 35.9 Å². The molecule has 2 N–H and O–H groups in total. The number of fused-ring (bicyclic) bond motifs is 1. The average molecular weight is 507 g/mol. The lowest BCUT2D eigenvalue weighted by Crippen LogP contribution is -2.08. The molecule has 0 bridgehead atoms. The summed E-state index contributed by atoms with van der Waals surface area (Å²) in [5.41, 5.74) is 4.25. The number of carbonyl (C=O) groups excluding carboxylic acids is 1. The van der Waals surface area contributed by atoms with Gasteiger partial charge < -0.3 is 15.2 Å². The van der Waals surface area contributed by atoms with Crippen molar-refractivity contribution in [1.82, 2.24) is 19.5 Å². The molecule has 190 valence electrons. The maximum absolute atomic E-state index is 13.0. The number of aromatic nitrogens is 4. The normalized spacial score (nSPS) is 12.9. The summed E-state index contributed by atoms with van der Waals surface area (Å²) in [5.74, 6) is 1.46. The summed E-state index contributed by atoms with van der Waals surface area (Å²) in [6.07, 6.45) is -0.717. The highest BCUT2D eigenvalue weighted by molar-refractivity contribution is 5.89. The van der Waals surface area contributed by atoms with E-state index in [0.717, 1.165) is 53.7 Å². The van der Waals surface area contributed by atoms with Gasteiger partial charge in [0.2, 0.25) is 5.91 Å². The number of nitrogens with one attached hydrogen (secondary N) is 2. The highest BCUT2D eigenvalue weighted by atomic mass is 19.4. The monoisotopic (exact) mass is 506 g/mol. The van der Waals surface area contributed by atoms with Gasteiger partial charge in [-0.05, 0) is 37.0 Å². The number of halogens is 3. The van der Waals surface area contributed by atoms with Crippen LogP contribution >= 0.6 is 0 Å². The molecule has 10 heteroatoms. The van der Waals surface area contributed by atoms with E-state index in [0.29, 0.717) is 23.6 Å². The predicted octanol–water partition coefficient (Wildman–Crippen LogP) is 5.62. The van der Waals surface area contributed by atoms with Gasteiger partial charge in [0.25, 0.3) is 0 Å². The maximum Gasteiger partial charge on any atom is 0.434 e. The molecule has 0 aliphatic heterocycles. The topological polar surface area (TPSA) is 84.7 Å². The molecule has 37 heavy (non-hydrogen) atoms. The lowest BCUT2D eigenvalue weighted by molar-refractivity contribution is -0.140. The second kappa shape index (κ2) is 9.68. The third-order valence-corrected chi connectivity index (χ3v) is 6.21. The van der Waals surface area contributed by atoms with Crippen LogP contribution in [0.25, 0.3) is 22.8 Å². The van der Waals surface area contributed by atoms with E-state index in [1.165, 1.54) is 11.5 Å². The fraction of sp³-hybridized carbons (Fsp3) is 0.259. The van der Waals surface area contributed by atoms with Crippen molar-refractivity contribution in [2.45, 2.75) is 38.9 Å². The van der Waals surface area contributed by atoms with Crippen molar-refractivity contribution in [2.24, 2.45) is 7.05 Å². The zero-order chi connectivity index (χ0) is 26.2. The Labute approximate surface area is 211 Å². The van der Waals surface area contributed by atoms with E-state index in [1.54, 1.807) is 19.2 Å². The molecule has 4 aromatic rings. The molecule has 0 saturated heterocycles. The number of nitrogens with zero attached hydrogens (tertiary/aromatic N) is 4. The number of benzene rings is 2. The Morgan fingerprint density at radius 2 is 1.81 bits per heavy atom. The van der Waals surface area contributed by atoms with Crippen LogP contribution in [-0.4, -0.2) is 25.4 Å². The van der Waals surface area contributed by atoms with Crippen LogP contribution in [0.5, 0.6) is 0 Å². The molecule has 0 unspecified atom stereocenters. The predicted molar refractivity (Wildman–Crippen MR) is 135 cm³/mol. The fourth-order valence-electron chi connectivity index (χ4n) is 4.48. The zero-order valence-electron chi connectivity index (χ0n) is 20.4. The second-order valence-corrected chi connectivity index (χ2v) is 9.05. The molecule has 1 amide bonds. The lowest BCUT2D eigenvalue weighted by atomic mass is 10.1. The van der Waals surface area contributed by atoms with Gasteiger partial charge in [0.1, 0.15) is 11.6 Å². The minimum Gasteiger partial charge on any atom is -0.366 e. The van der Waals surface area contributed by atoms with E-state index in [4.69, 9.17) is 9.97 Å². The molecule has 2 aromatic carbocycles. The van der Waals surface area contributed by atoms with E-state index in [1.807, 2.05) is 36.4 Å². The van der Waals surface area contributed by atoms with Crippen molar-refractivity contribution < 1.29 is 18.0 Å². The minimum absolute atomic E-state index is 0.149. The van der Waals surface area contributed by atoms with Gasteiger partial charge in [-0.3, -0.25) is 4.79 Å². The number of amides is 1. The zero-order valence-corrected chi connectivity index (χ0v) is 20.4. The summed E-state index contributed by atoms with van der Waals surface area (Å²) in [5, 5.41) is 6.21. The Bertz CT molecular complexity index is 1460. The Morgan fingerprint density at radius 1 is 1.03 bits per heavy atom. The van der Waals surface area contributed by atoms with Crippen molar-refractivity contribution in [3.63, 3.8) is 0 Å². The number of carbonyl (C=O) groups is 1. The molecule has 1 aliphatic rings. The van der Waals surface area contributed by atoms with Crippen molar-refractivity contribution >= 4 is 17.4 Å². The van der Waals surface area contributed by atoms with E-state index in [9.17, 15) is 18.0 Å². The van der Waals surface area contributed by atoms with Gasteiger partial charge in [-0.15, -0.1) is 0 Å². The second-order valence-electron chi connectivity index (χ2n) is 9.05. The Hall–Kier alpha value is -4.21. The number of rotatable bonds is 6. The number of aryl methyl sites for hydroxylation is 2. The number of hydrogen-bond donors (Lipinski definition) is 2. The first kappa shape index (κ1) is 24.5. The van der Waals surface area contributed by atoms with E-state index in [2.05, 4.69) is 15.6 Å². The fourth-order valence-corrected chi connectivity index (χ4v) is 4.48. The summed E-state index contributed by atoms with van der Waals surface area (Å²) in [6, 6.07) is 14.7. The quantitative estimate of drug-likeness (QED) is 0.355. The van der Waals surface area contributed by atoms with Gasteiger partial charge in [0.15, 0.2) is 11.5 Å². The van der Waals surface area contributed by atoms with Crippen molar-refractivity contribution in [3.8, 4) is 22.8 Å². The van der Waals surface area contributed by atoms with Crippen molar-refractivity contribution in [3.05, 3.63) is 77.2 Å². The Balaban J connectivity index is 1.36. The number of alkyl halides is 3. The molecule has 1 aliphatic carbocycles. The van der Waals surface area contributed by atoms with E-state index < -0.39 is 11.9 Å². The molecule has 7 nitrogen and oxygen atoms in total. The minimum atomic E-state index is -4.48. The SMILES string of the molecule is CC(=O)Nc1cccc(-c2nc3c(c(NCc4ccc(-c5nc(C(F)(F)F)cn5C)cc4)n2)CCC3)c1. The van der Waals surface area contributed by atoms with Gasteiger partial charge >= 0.3 is 6.18 Å². The first-order chi connectivity index (χ1) is 17.7. The van der Waals surface area contributed by atoms with Crippen LogP contribution in [0.2, 0.25) is 0 Å². The number of hydrogen-bond acceptors (Lipinski definition) is 5. The standard InChI is InChI=1S/C27H25F3N6O/c1-16(37)32-20-6-3-5-19(13-20)24-33-22-8-4-7-21(22)25(35-24)31-14-17-9-11-18(12-10-17)26-34-23(15-36(26)2)27(28,29)30/h3,5-6,9-13,15H,4,7-8,14H2,1-2H3,(H,32,37)(H,31,33,35). The Morgan fingerprint density at radius 3 is 2.51 bits per heavy atom. The maximum atomic E-state index is 13.0. The molecular weight excluding hydrogens is 481 g/mol. The Kier molecular flexibility index (Phi) is 6.41. The summed E-state index contributed by atoms with van der Waals surface area (Å²) < 4.78 is 40.4. The molecule has 0 fully saturated rings. The molecule has 2 heterocycles. The van der Waals surface area contributed by atoms with E-state index in [-0.39, 0.29) is 11.7 Å². The first-order valence-electron chi connectivity index (χ1n) is 11.9. The van der Waals surface area contributed by atoms with Crippen LogP contribution < -0.4 is 10.6 Å². The highest BCUT2D eigenvalue weighted by Crippen LogP contribution is 2.32. The molecule has 0 saturated carbocycles. The smallest absolute Gasteiger partial charge is 0.366 e. The lowest BCUT2D eigenvalue weighted by Gasteiger charge is -2.13. The molecular formula is C27H25F3N6O. The number of imidazole rings is 1. The van der Waals surface area contributed by atoms with Gasteiger partial charge in [0.05, 0.1) is 0 Å². The van der Waals surface area contributed by atoms with Crippen LogP contribution in [0.15, 0.2) is 54.7 Å². The van der Waals surface area contributed by atoms with Crippen LogP contribution in [0.3, 0.4) is 0 Å². The van der Waals surface area contributed by atoms with E-state index >= 15 is 0 Å².